The maximum atomic E-state index is 11.8. The fourth-order valence-corrected chi connectivity index (χ4v) is 1.47. The van der Waals surface area contributed by atoms with Gasteiger partial charge in [0, 0.05) is 19.3 Å². The van der Waals surface area contributed by atoms with E-state index in [9.17, 15) is 14.4 Å². The van der Waals surface area contributed by atoms with Crippen LogP contribution < -0.4 is 10.9 Å². The number of hydrogen-bond acceptors (Lipinski definition) is 3. The molecule has 1 heterocycles. The van der Waals surface area contributed by atoms with Crippen molar-refractivity contribution in [3.8, 4) is 0 Å². The quantitative estimate of drug-likeness (QED) is 0.802. The number of aliphatic carboxylic acids is 1. The summed E-state index contributed by atoms with van der Waals surface area (Å²) in [6.45, 7) is 3.42. The molecule has 0 saturated carbocycles. The Balaban J connectivity index is 2.90. The minimum atomic E-state index is -1.08. The molecular weight excluding hydrogens is 236 g/mol. The van der Waals surface area contributed by atoms with Crippen LogP contribution in [-0.2, 0) is 11.8 Å². The van der Waals surface area contributed by atoms with Crippen LogP contribution in [0.25, 0.3) is 0 Å². The number of carbonyl (C=O) groups excluding carboxylic acids is 1. The van der Waals surface area contributed by atoms with Gasteiger partial charge in [-0.2, -0.15) is 0 Å². The summed E-state index contributed by atoms with van der Waals surface area (Å²) in [5.74, 6) is -1.81. The molecule has 1 aromatic rings. The van der Waals surface area contributed by atoms with Crippen LogP contribution in [0.15, 0.2) is 23.1 Å². The zero-order valence-electron chi connectivity index (χ0n) is 10.5. The molecule has 0 fully saturated rings. The molecular formula is C12H16N2O4. The van der Waals surface area contributed by atoms with Crippen LogP contribution in [0.2, 0.25) is 0 Å². The number of carboxylic acid groups (broad SMARTS) is 1. The maximum Gasteiger partial charge on any atom is 0.326 e. The number of nitrogens with zero attached hydrogens (tertiary/aromatic N) is 1. The number of pyridine rings is 1. The molecule has 1 rings (SSSR count). The summed E-state index contributed by atoms with van der Waals surface area (Å²) in [5.41, 5.74) is 0.0224. The Bertz CT molecular complexity index is 519. The molecule has 0 aliphatic heterocycles. The van der Waals surface area contributed by atoms with E-state index in [1.54, 1.807) is 13.8 Å². The van der Waals surface area contributed by atoms with E-state index in [2.05, 4.69) is 5.32 Å². The lowest BCUT2D eigenvalue weighted by Crippen LogP contribution is -2.44. The first-order chi connectivity index (χ1) is 8.32. The second-order valence-electron chi connectivity index (χ2n) is 4.40. The Morgan fingerprint density at radius 1 is 1.33 bits per heavy atom. The van der Waals surface area contributed by atoms with Gasteiger partial charge in [-0.25, -0.2) is 4.79 Å². The normalized spacial score (nSPS) is 12.2. The molecule has 0 aromatic carbocycles. The largest absolute Gasteiger partial charge is 0.480 e. The van der Waals surface area contributed by atoms with Gasteiger partial charge in [0.15, 0.2) is 0 Å². The highest BCUT2D eigenvalue weighted by Gasteiger charge is 2.23. The van der Waals surface area contributed by atoms with Crippen molar-refractivity contribution >= 4 is 11.9 Å². The highest BCUT2D eigenvalue weighted by Crippen LogP contribution is 2.04. The number of rotatable bonds is 4. The number of carboxylic acids is 1. The SMILES string of the molecule is CC(C)C(NC(=O)c1ccc(=O)n(C)c1)C(=O)O. The topological polar surface area (TPSA) is 88.4 Å². The molecule has 1 aromatic heterocycles. The molecule has 6 nitrogen and oxygen atoms in total. The molecule has 1 atom stereocenters. The number of amides is 1. The van der Waals surface area contributed by atoms with Crippen molar-refractivity contribution in [3.05, 3.63) is 34.2 Å². The standard InChI is InChI=1S/C12H16N2O4/c1-7(2)10(12(17)18)13-11(16)8-4-5-9(15)14(3)6-8/h4-7,10H,1-3H3,(H,13,16)(H,17,18). The molecule has 98 valence electrons. The third-order valence-corrected chi connectivity index (χ3v) is 2.57. The van der Waals surface area contributed by atoms with E-state index >= 15 is 0 Å². The van der Waals surface area contributed by atoms with Gasteiger partial charge < -0.3 is 15.0 Å². The van der Waals surface area contributed by atoms with Crippen LogP contribution in [0.5, 0.6) is 0 Å². The van der Waals surface area contributed by atoms with Gasteiger partial charge >= 0.3 is 5.97 Å². The van der Waals surface area contributed by atoms with E-state index in [0.717, 1.165) is 0 Å². The van der Waals surface area contributed by atoms with Crippen LogP contribution in [0, 0.1) is 5.92 Å². The summed E-state index contributed by atoms with van der Waals surface area (Å²) >= 11 is 0. The number of carbonyl (C=O) groups is 2. The molecule has 0 aliphatic rings. The van der Waals surface area contributed by atoms with Crippen molar-refractivity contribution < 1.29 is 14.7 Å². The summed E-state index contributed by atoms with van der Waals surface area (Å²) in [6, 6.07) is 1.69. The first kappa shape index (κ1) is 14.0. The zero-order chi connectivity index (χ0) is 13.9. The fourth-order valence-electron chi connectivity index (χ4n) is 1.47. The Hall–Kier alpha value is -2.11. The minimum absolute atomic E-state index is 0.223. The fraction of sp³-hybridized carbons (Fsp3) is 0.417. The van der Waals surface area contributed by atoms with Gasteiger partial charge in [-0.3, -0.25) is 9.59 Å². The second-order valence-corrected chi connectivity index (χ2v) is 4.40. The average molecular weight is 252 g/mol. The third kappa shape index (κ3) is 3.19. The molecule has 0 radical (unpaired) electrons. The number of aryl methyl sites for hydroxylation is 1. The van der Waals surface area contributed by atoms with Crippen molar-refractivity contribution in [2.75, 3.05) is 0 Å². The predicted octanol–water partition coefficient (Wildman–Crippen LogP) is 0.224. The summed E-state index contributed by atoms with van der Waals surface area (Å²) < 4.78 is 1.26. The van der Waals surface area contributed by atoms with Crippen molar-refractivity contribution in [2.45, 2.75) is 19.9 Å². The number of hydrogen-bond donors (Lipinski definition) is 2. The molecule has 18 heavy (non-hydrogen) atoms. The Labute approximate surface area is 104 Å². The maximum absolute atomic E-state index is 11.8. The third-order valence-electron chi connectivity index (χ3n) is 2.57. The van der Waals surface area contributed by atoms with E-state index in [1.807, 2.05) is 0 Å². The molecule has 2 N–H and O–H groups in total. The van der Waals surface area contributed by atoms with Gasteiger partial charge in [0.1, 0.15) is 6.04 Å². The van der Waals surface area contributed by atoms with Gasteiger partial charge in [-0.1, -0.05) is 13.8 Å². The molecule has 6 heteroatoms. The van der Waals surface area contributed by atoms with Crippen LogP contribution >= 0.6 is 0 Å². The van der Waals surface area contributed by atoms with Crippen molar-refractivity contribution in [1.29, 1.82) is 0 Å². The first-order valence-electron chi connectivity index (χ1n) is 5.53. The summed E-state index contributed by atoms with van der Waals surface area (Å²) in [7, 11) is 1.52. The van der Waals surface area contributed by atoms with Gasteiger partial charge in [0.2, 0.25) is 5.56 Å². The Morgan fingerprint density at radius 2 is 1.94 bits per heavy atom. The van der Waals surface area contributed by atoms with E-state index in [1.165, 1.54) is 29.9 Å². The van der Waals surface area contributed by atoms with Crippen molar-refractivity contribution in [3.63, 3.8) is 0 Å². The van der Waals surface area contributed by atoms with Crippen LogP contribution in [0.4, 0.5) is 0 Å². The molecule has 1 amide bonds. The average Bonchev–Trinajstić information content (AvgIpc) is 2.28. The first-order valence-corrected chi connectivity index (χ1v) is 5.53. The summed E-state index contributed by atoms with van der Waals surface area (Å²) in [6.07, 6.45) is 1.37. The molecule has 0 aliphatic carbocycles. The van der Waals surface area contributed by atoms with E-state index in [0.29, 0.717) is 0 Å². The lowest BCUT2D eigenvalue weighted by molar-refractivity contribution is -0.140. The zero-order valence-corrected chi connectivity index (χ0v) is 10.5. The van der Waals surface area contributed by atoms with Crippen molar-refractivity contribution in [1.82, 2.24) is 9.88 Å². The number of aromatic nitrogens is 1. The number of nitrogens with one attached hydrogen (secondary N) is 1. The van der Waals surface area contributed by atoms with Gasteiger partial charge in [-0.05, 0) is 12.0 Å². The van der Waals surface area contributed by atoms with Crippen LogP contribution in [-0.4, -0.2) is 27.6 Å². The van der Waals surface area contributed by atoms with Crippen LogP contribution in [0.3, 0.4) is 0 Å². The monoisotopic (exact) mass is 252 g/mol. The van der Waals surface area contributed by atoms with Gasteiger partial charge in [-0.15, -0.1) is 0 Å². The molecule has 0 spiro atoms. The second kappa shape index (κ2) is 5.48. The molecule has 1 unspecified atom stereocenters. The minimum Gasteiger partial charge on any atom is -0.480 e. The highest BCUT2D eigenvalue weighted by molar-refractivity contribution is 5.96. The molecule has 0 bridgehead atoms. The van der Waals surface area contributed by atoms with Crippen LogP contribution in [0.1, 0.15) is 24.2 Å². The Morgan fingerprint density at radius 3 is 2.39 bits per heavy atom. The van der Waals surface area contributed by atoms with E-state index in [-0.39, 0.29) is 17.0 Å². The van der Waals surface area contributed by atoms with Gasteiger partial charge in [0.05, 0.1) is 5.56 Å². The van der Waals surface area contributed by atoms with E-state index in [4.69, 9.17) is 5.11 Å². The lowest BCUT2D eigenvalue weighted by Gasteiger charge is -2.17. The lowest BCUT2D eigenvalue weighted by atomic mass is 10.0. The van der Waals surface area contributed by atoms with Gasteiger partial charge in [0.25, 0.3) is 5.91 Å². The Kier molecular flexibility index (Phi) is 4.25. The molecule has 0 saturated heterocycles. The highest BCUT2D eigenvalue weighted by atomic mass is 16.4. The summed E-state index contributed by atoms with van der Waals surface area (Å²) in [4.78, 5) is 34.0. The predicted molar refractivity (Wildman–Crippen MR) is 65.4 cm³/mol. The van der Waals surface area contributed by atoms with E-state index < -0.39 is 17.9 Å². The smallest absolute Gasteiger partial charge is 0.326 e. The van der Waals surface area contributed by atoms with Crippen molar-refractivity contribution in [2.24, 2.45) is 13.0 Å². The summed E-state index contributed by atoms with van der Waals surface area (Å²) in [5, 5.41) is 11.4.